The molecule has 6 nitrogen and oxygen atoms in total. The van der Waals surface area contributed by atoms with Crippen molar-refractivity contribution in [2.45, 2.75) is 51.7 Å². The van der Waals surface area contributed by atoms with E-state index in [0.717, 1.165) is 4.90 Å². The normalized spacial score (nSPS) is 30.7. The van der Waals surface area contributed by atoms with Crippen molar-refractivity contribution in [3.05, 3.63) is 0 Å². The second-order valence-corrected chi connectivity index (χ2v) is 5.94. The average Bonchev–Trinajstić information content (AvgIpc) is 2.71. The van der Waals surface area contributed by atoms with E-state index in [1.165, 1.54) is 0 Å². The van der Waals surface area contributed by atoms with Crippen LogP contribution in [0.1, 0.15) is 40.0 Å². The summed E-state index contributed by atoms with van der Waals surface area (Å²) in [5.74, 6) is -1.76. The predicted molar refractivity (Wildman–Crippen MR) is 60.8 cm³/mol. The molecule has 2 rings (SSSR count). The van der Waals surface area contributed by atoms with Crippen molar-refractivity contribution < 1.29 is 24.2 Å². The number of carboxylic acid groups (broad SMARTS) is 1. The summed E-state index contributed by atoms with van der Waals surface area (Å²) >= 11 is 0. The van der Waals surface area contributed by atoms with Crippen LogP contribution in [0, 0.1) is 5.41 Å². The number of aliphatic carboxylic acids is 1. The van der Waals surface area contributed by atoms with Gasteiger partial charge in [0.15, 0.2) is 0 Å². The lowest BCUT2D eigenvalue weighted by atomic mass is 9.87. The summed E-state index contributed by atoms with van der Waals surface area (Å²) in [5.41, 5.74) is -2.10. The van der Waals surface area contributed by atoms with Crippen LogP contribution in [0.25, 0.3) is 0 Å². The van der Waals surface area contributed by atoms with Crippen LogP contribution >= 0.6 is 0 Å². The van der Waals surface area contributed by atoms with Gasteiger partial charge in [0.1, 0.15) is 11.0 Å². The highest BCUT2D eigenvalue weighted by molar-refractivity contribution is 6.10. The van der Waals surface area contributed by atoms with Crippen LogP contribution < -0.4 is 0 Å². The number of likely N-dealkylation sites (tertiary alicyclic amines) is 1. The Hall–Kier alpha value is -1.59. The zero-order valence-corrected chi connectivity index (χ0v) is 10.7. The zero-order chi connectivity index (χ0) is 13.7. The Bertz CT molecular complexity index is 425. The second kappa shape index (κ2) is 3.70. The number of amides is 2. The third-order valence-electron chi connectivity index (χ3n) is 3.48. The van der Waals surface area contributed by atoms with Crippen LogP contribution in [-0.4, -0.2) is 39.6 Å². The molecule has 2 atom stereocenters. The molecule has 0 spiro atoms. The summed E-state index contributed by atoms with van der Waals surface area (Å²) in [6.07, 6.45) is 0.323. The molecule has 1 saturated heterocycles. The van der Waals surface area contributed by atoms with Gasteiger partial charge in [-0.05, 0) is 40.0 Å². The fourth-order valence-corrected chi connectivity index (χ4v) is 2.66. The van der Waals surface area contributed by atoms with Crippen LogP contribution in [0.15, 0.2) is 0 Å². The maximum Gasteiger partial charge on any atom is 0.417 e. The van der Waals surface area contributed by atoms with Crippen molar-refractivity contribution in [3.8, 4) is 0 Å². The highest BCUT2D eigenvalue weighted by atomic mass is 16.6. The minimum atomic E-state index is -1.40. The molecule has 1 heterocycles. The van der Waals surface area contributed by atoms with Crippen LogP contribution in [-0.2, 0) is 14.3 Å². The van der Waals surface area contributed by atoms with Crippen LogP contribution in [0.5, 0.6) is 0 Å². The number of carbonyl (C=O) groups excluding carboxylic acids is 2. The molecule has 0 aromatic carbocycles. The molecule has 1 aliphatic carbocycles. The summed E-state index contributed by atoms with van der Waals surface area (Å²) < 4.78 is 5.14. The van der Waals surface area contributed by atoms with Crippen LogP contribution in [0.4, 0.5) is 4.79 Å². The number of carbonyl (C=O) groups is 3. The maximum atomic E-state index is 12.1. The Morgan fingerprint density at radius 2 is 2.06 bits per heavy atom. The molecule has 18 heavy (non-hydrogen) atoms. The van der Waals surface area contributed by atoms with Crippen LogP contribution in [0.2, 0.25) is 0 Å². The number of ether oxygens (including phenoxy) is 1. The average molecular weight is 255 g/mol. The predicted octanol–water partition coefficient (Wildman–Crippen LogP) is 1.39. The number of hydrogen-bond donors (Lipinski definition) is 1. The first-order chi connectivity index (χ1) is 8.17. The monoisotopic (exact) mass is 255 g/mol. The number of fused-ring (bicyclic) bond motifs is 2. The van der Waals surface area contributed by atoms with Gasteiger partial charge < -0.3 is 9.84 Å². The lowest BCUT2D eigenvalue weighted by Gasteiger charge is -2.30. The number of carboxylic acids is 1. The van der Waals surface area contributed by atoms with Gasteiger partial charge in [0.2, 0.25) is 5.91 Å². The minimum Gasteiger partial charge on any atom is -0.480 e. The van der Waals surface area contributed by atoms with Crippen molar-refractivity contribution in [1.82, 2.24) is 4.90 Å². The molecule has 2 fully saturated rings. The van der Waals surface area contributed by atoms with E-state index in [-0.39, 0.29) is 12.5 Å². The minimum absolute atomic E-state index is 0.209. The maximum absolute atomic E-state index is 12.1. The van der Waals surface area contributed by atoms with Crippen molar-refractivity contribution >= 4 is 18.0 Å². The lowest BCUT2D eigenvalue weighted by Crippen LogP contribution is -2.49. The molecule has 2 amide bonds. The van der Waals surface area contributed by atoms with E-state index in [1.54, 1.807) is 20.8 Å². The molecule has 0 radical (unpaired) electrons. The summed E-state index contributed by atoms with van der Waals surface area (Å²) in [6, 6.07) is -0.330. The van der Waals surface area contributed by atoms with Gasteiger partial charge >= 0.3 is 12.1 Å². The highest BCUT2D eigenvalue weighted by Gasteiger charge is 2.63. The second-order valence-electron chi connectivity index (χ2n) is 5.94. The summed E-state index contributed by atoms with van der Waals surface area (Å²) in [7, 11) is 0. The first-order valence-corrected chi connectivity index (χ1v) is 5.97. The molecule has 2 unspecified atom stereocenters. The number of rotatable bonds is 1. The quantitative estimate of drug-likeness (QED) is 0.716. The molecular formula is C12H17NO5. The van der Waals surface area contributed by atoms with E-state index < -0.39 is 29.0 Å². The van der Waals surface area contributed by atoms with Gasteiger partial charge in [-0.3, -0.25) is 9.59 Å². The highest BCUT2D eigenvalue weighted by Crippen LogP contribution is 2.49. The number of piperidine rings is 1. The van der Waals surface area contributed by atoms with E-state index in [0.29, 0.717) is 12.8 Å². The number of imide groups is 1. The van der Waals surface area contributed by atoms with Crippen molar-refractivity contribution in [3.63, 3.8) is 0 Å². The fraction of sp³-hybridized carbons (Fsp3) is 0.750. The van der Waals surface area contributed by atoms with E-state index in [2.05, 4.69) is 0 Å². The summed E-state index contributed by atoms with van der Waals surface area (Å²) in [5, 5.41) is 9.19. The molecule has 6 heteroatoms. The molecule has 2 aliphatic rings. The van der Waals surface area contributed by atoms with Crippen molar-refractivity contribution in [2.75, 3.05) is 0 Å². The van der Waals surface area contributed by atoms with Gasteiger partial charge in [0.05, 0.1) is 0 Å². The molecule has 100 valence electrons. The molecule has 1 saturated carbocycles. The van der Waals surface area contributed by atoms with E-state index in [4.69, 9.17) is 4.74 Å². The largest absolute Gasteiger partial charge is 0.480 e. The fourth-order valence-electron chi connectivity index (χ4n) is 2.66. The number of nitrogens with zero attached hydrogens (tertiary/aromatic N) is 1. The topological polar surface area (TPSA) is 83.9 Å². The molecule has 0 aromatic rings. The zero-order valence-electron chi connectivity index (χ0n) is 10.7. The van der Waals surface area contributed by atoms with Gasteiger partial charge in [-0.25, -0.2) is 9.69 Å². The molecule has 1 aliphatic heterocycles. The van der Waals surface area contributed by atoms with Gasteiger partial charge in [-0.2, -0.15) is 0 Å². The Morgan fingerprint density at radius 3 is 2.50 bits per heavy atom. The molecule has 2 bridgehead atoms. The Labute approximate surface area is 105 Å². The van der Waals surface area contributed by atoms with Gasteiger partial charge in [-0.15, -0.1) is 0 Å². The third-order valence-corrected chi connectivity index (χ3v) is 3.48. The lowest BCUT2D eigenvalue weighted by molar-refractivity contribution is -0.157. The Kier molecular flexibility index (Phi) is 2.64. The smallest absolute Gasteiger partial charge is 0.417 e. The number of hydrogen-bond acceptors (Lipinski definition) is 4. The first kappa shape index (κ1) is 12.9. The van der Waals surface area contributed by atoms with Gasteiger partial charge in [0.25, 0.3) is 0 Å². The Morgan fingerprint density at radius 1 is 1.44 bits per heavy atom. The third kappa shape index (κ3) is 1.76. The summed E-state index contributed by atoms with van der Waals surface area (Å²) in [4.78, 5) is 36.3. The first-order valence-electron chi connectivity index (χ1n) is 5.97. The molecule has 0 aromatic heterocycles. The van der Waals surface area contributed by atoms with E-state index in [1.807, 2.05) is 0 Å². The van der Waals surface area contributed by atoms with Crippen molar-refractivity contribution in [1.29, 1.82) is 0 Å². The van der Waals surface area contributed by atoms with E-state index in [9.17, 15) is 19.5 Å². The van der Waals surface area contributed by atoms with Crippen molar-refractivity contribution in [2.24, 2.45) is 5.41 Å². The molecule has 1 N–H and O–H groups in total. The summed E-state index contributed by atoms with van der Waals surface area (Å²) in [6.45, 7) is 5.12. The van der Waals surface area contributed by atoms with Gasteiger partial charge in [0, 0.05) is 6.04 Å². The standard InChI is InChI=1S/C12H17NO5/c1-11(2,3)18-10(17)13-7-4-5-12(6-7,8(13)14)9(15)16/h7H,4-6H2,1-3H3,(H,15,16). The SMILES string of the molecule is CC(C)(C)OC(=O)N1C(=O)C2(C(=O)O)CCC1C2. The van der Waals surface area contributed by atoms with E-state index >= 15 is 0 Å². The van der Waals surface area contributed by atoms with Gasteiger partial charge in [-0.1, -0.05) is 0 Å². The Balaban J connectivity index is 2.21. The molecular weight excluding hydrogens is 238 g/mol. The van der Waals surface area contributed by atoms with Crippen LogP contribution in [0.3, 0.4) is 0 Å².